The van der Waals surface area contributed by atoms with E-state index in [1.165, 1.54) is 0 Å². The van der Waals surface area contributed by atoms with E-state index in [-0.39, 0.29) is 12.5 Å². The van der Waals surface area contributed by atoms with E-state index >= 15 is 0 Å². The Bertz CT molecular complexity index is 713. The zero-order chi connectivity index (χ0) is 18.7. The largest absolute Gasteiger partial charge is 0.328 e. The summed E-state index contributed by atoms with van der Waals surface area (Å²) >= 11 is 0. The van der Waals surface area contributed by atoms with Crippen LogP contribution in [0.25, 0.3) is 0 Å². The highest BCUT2D eigenvalue weighted by molar-refractivity contribution is 7.89. The van der Waals surface area contributed by atoms with Crippen LogP contribution in [0.2, 0.25) is 0 Å². The van der Waals surface area contributed by atoms with Gasteiger partial charge < -0.3 is 11.1 Å². The fourth-order valence-electron chi connectivity index (χ4n) is 1.86. The number of nitrogens with one attached hydrogen (secondary N) is 2. The van der Waals surface area contributed by atoms with Crippen LogP contribution in [-0.4, -0.2) is 25.9 Å². The fourth-order valence-corrected chi connectivity index (χ4v) is 3.37. The summed E-state index contributed by atoms with van der Waals surface area (Å²) in [6, 6.07) is 0.988. The molecule has 4 N–H and O–H groups in total. The predicted molar refractivity (Wildman–Crippen MR) is 87.9 cm³/mol. The molecule has 0 saturated carbocycles. The highest BCUT2D eigenvalue weighted by Gasteiger charge is 2.26. The van der Waals surface area contributed by atoms with Crippen molar-refractivity contribution < 1.29 is 22.0 Å². The highest BCUT2D eigenvalue weighted by atomic mass is 32.2. The molecule has 1 unspecified atom stereocenters. The Morgan fingerprint density at radius 1 is 1.25 bits per heavy atom. The molecule has 0 aromatic heterocycles. The topological polar surface area (TPSA) is 101 Å². The Morgan fingerprint density at radius 2 is 1.83 bits per heavy atom. The quantitative estimate of drug-likeness (QED) is 0.720. The van der Waals surface area contributed by atoms with Crippen molar-refractivity contribution >= 4 is 21.6 Å². The van der Waals surface area contributed by atoms with Gasteiger partial charge in [-0.3, -0.25) is 4.79 Å². The number of nitrogens with two attached hydrogens (primary N) is 1. The normalized spacial score (nSPS) is 13.6. The first-order valence-electron chi connectivity index (χ1n) is 7.40. The molecule has 1 rings (SSSR count). The lowest BCUT2D eigenvalue weighted by molar-refractivity contribution is -0.116. The van der Waals surface area contributed by atoms with Crippen LogP contribution in [0, 0.1) is 11.6 Å². The molecular formula is C15H23F2N3O3S. The smallest absolute Gasteiger partial charge is 0.244 e. The van der Waals surface area contributed by atoms with Crippen LogP contribution >= 0.6 is 0 Å². The van der Waals surface area contributed by atoms with Crippen LogP contribution in [0.3, 0.4) is 0 Å². The van der Waals surface area contributed by atoms with Crippen molar-refractivity contribution in [3.05, 3.63) is 23.8 Å². The van der Waals surface area contributed by atoms with E-state index in [0.717, 1.165) is 6.07 Å². The third-order valence-electron chi connectivity index (χ3n) is 2.85. The molecule has 0 aliphatic rings. The third-order valence-corrected chi connectivity index (χ3v) is 4.63. The molecule has 1 aromatic carbocycles. The van der Waals surface area contributed by atoms with Gasteiger partial charge in [-0.15, -0.1) is 0 Å². The monoisotopic (exact) mass is 363 g/mol. The summed E-state index contributed by atoms with van der Waals surface area (Å²) in [6.45, 7) is 6.47. The number of benzene rings is 1. The molecule has 1 aromatic rings. The van der Waals surface area contributed by atoms with Gasteiger partial charge in [0.2, 0.25) is 15.9 Å². The summed E-state index contributed by atoms with van der Waals surface area (Å²) < 4.78 is 54.5. The number of amides is 1. The molecule has 1 atom stereocenters. The van der Waals surface area contributed by atoms with Crippen LogP contribution in [0.5, 0.6) is 0 Å². The van der Waals surface area contributed by atoms with Crippen molar-refractivity contribution in [3.63, 3.8) is 0 Å². The number of anilines is 1. The van der Waals surface area contributed by atoms with Gasteiger partial charge in [-0.2, -0.15) is 0 Å². The SMILES string of the molecule is CC(N)CCC(=O)Nc1cc(S(=O)(=O)NC(C)(C)C)c(F)cc1F. The van der Waals surface area contributed by atoms with Gasteiger partial charge in [0.15, 0.2) is 0 Å². The van der Waals surface area contributed by atoms with Gasteiger partial charge >= 0.3 is 0 Å². The number of rotatable bonds is 6. The number of sulfonamides is 1. The Balaban J connectivity index is 3.12. The fraction of sp³-hybridized carbons (Fsp3) is 0.533. The molecule has 136 valence electrons. The van der Waals surface area contributed by atoms with E-state index in [4.69, 9.17) is 5.73 Å². The summed E-state index contributed by atoms with van der Waals surface area (Å²) in [4.78, 5) is 11.0. The third kappa shape index (κ3) is 6.14. The van der Waals surface area contributed by atoms with Crippen molar-refractivity contribution in [3.8, 4) is 0 Å². The number of hydrogen-bond donors (Lipinski definition) is 3. The van der Waals surface area contributed by atoms with Crippen molar-refractivity contribution in [2.45, 2.75) is 57.0 Å². The molecular weight excluding hydrogens is 340 g/mol. The summed E-state index contributed by atoms with van der Waals surface area (Å²) in [7, 11) is -4.21. The zero-order valence-corrected chi connectivity index (χ0v) is 14.9. The maximum absolute atomic E-state index is 13.9. The lowest BCUT2D eigenvalue weighted by Gasteiger charge is -2.21. The number of carbonyl (C=O) groups excluding carboxylic acids is 1. The molecule has 0 aliphatic carbocycles. The molecule has 0 heterocycles. The summed E-state index contributed by atoms with van der Waals surface area (Å²) in [5.74, 6) is -2.83. The summed E-state index contributed by atoms with van der Waals surface area (Å²) in [6.07, 6.45) is 0.419. The second-order valence-corrected chi connectivity index (χ2v) is 8.33. The highest BCUT2D eigenvalue weighted by Crippen LogP contribution is 2.24. The number of halogens is 2. The van der Waals surface area contributed by atoms with Crippen LogP contribution in [-0.2, 0) is 14.8 Å². The maximum Gasteiger partial charge on any atom is 0.244 e. The van der Waals surface area contributed by atoms with E-state index in [9.17, 15) is 22.0 Å². The first kappa shape index (κ1) is 20.5. The minimum Gasteiger partial charge on any atom is -0.328 e. The summed E-state index contributed by atoms with van der Waals surface area (Å²) in [5, 5.41) is 2.24. The first-order chi connectivity index (χ1) is 10.8. The van der Waals surface area contributed by atoms with Crippen molar-refractivity contribution in [1.82, 2.24) is 4.72 Å². The van der Waals surface area contributed by atoms with E-state index in [2.05, 4.69) is 10.0 Å². The van der Waals surface area contributed by atoms with Crippen LogP contribution in [0.15, 0.2) is 17.0 Å². The molecule has 0 radical (unpaired) electrons. The maximum atomic E-state index is 13.9. The second-order valence-electron chi connectivity index (χ2n) is 6.68. The van der Waals surface area contributed by atoms with Crippen LogP contribution in [0.4, 0.5) is 14.5 Å². The van der Waals surface area contributed by atoms with Gasteiger partial charge in [-0.1, -0.05) is 0 Å². The van der Waals surface area contributed by atoms with Crippen molar-refractivity contribution in [1.29, 1.82) is 0 Å². The van der Waals surface area contributed by atoms with Gasteiger partial charge in [0.1, 0.15) is 16.5 Å². The number of hydrogen-bond acceptors (Lipinski definition) is 4. The molecule has 0 bridgehead atoms. The average Bonchev–Trinajstić information content (AvgIpc) is 2.36. The van der Waals surface area contributed by atoms with E-state index in [1.807, 2.05) is 0 Å². The van der Waals surface area contributed by atoms with Crippen molar-refractivity contribution in [2.75, 3.05) is 5.32 Å². The number of carbonyl (C=O) groups is 1. The molecule has 0 aliphatic heterocycles. The van der Waals surface area contributed by atoms with Gasteiger partial charge in [0.25, 0.3) is 0 Å². The Hall–Kier alpha value is -1.58. The molecule has 0 saturated heterocycles. The molecule has 0 fully saturated rings. The van der Waals surface area contributed by atoms with Gasteiger partial charge in [0, 0.05) is 24.1 Å². The molecule has 6 nitrogen and oxygen atoms in total. The van der Waals surface area contributed by atoms with Crippen molar-refractivity contribution in [2.24, 2.45) is 5.73 Å². The minimum atomic E-state index is -4.21. The van der Waals surface area contributed by atoms with Crippen LogP contribution in [0.1, 0.15) is 40.5 Å². The molecule has 0 spiro atoms. The summed E-state index contributed by atoms with van der Waals surface area (Å²) in [5.41, 5.74) is 4.28. The average molecular weight is 363 g/mol. The van der Waals surface area contributed by atoms with E-state index in [0.29, 0.717) is 12.5 Å². The molecule has 24 heavy (non-hydrogen) atoms. The second kappa shape index (κ2) is 7.54. The first-order valence-corrected chi connectivity index (χ1v) is 8.88. The lowest BCUT2D eigenvalue weighted by atomic mass is 10.1. The van der Waals surface area contributed by atoms with Gasteiger partial charge in [-0.25, -0.2) is 21.9 Å². The van der Waals surface area contributed by atoms with Crippen LogP contribution < -0.4 is 15.8 Å². The Morgan fingerprint density at radius 3 is 2.33 bits per heavy atom. The molecule has 1 amide bonds. The zero-order valence-electron chi connectivity index (χ0n) is 14.1. The van der Waals surface area contributed by atoms with Gasteiger partial charge in [-0.05, 0) is 40.2 Å². The van der Waals surface area contributed by atoms with Gasteiger partial charge in [0.05, 0.1) is 5.69 Å². The predicted octanol–water partition coefficient (Wildman–Crippen LogP) is 2.11. The van der Waals surface area contributed by atoms with E-state index < -0.39 is 43.7 Å². The standard InChI is InChI=1S/C15H23F2N3O3S/c1-9(18)5-6-14(21)19-12-8-13(11(17)7-10(12)16)24(22,23)20-15(2,3)4/h7-9,20H,5-6,18H2,1-4H3,(H,19,21). The lowest BCUT2D eigenvalue weighted by Crippen LogP contribution is -2.40. The Kier molecular flexibility index (Phi) is 6.43. The minimum absolute atomic E-state index is 0.0385. The Labute approximate surface area is 140 Å². The molecule has 9 heteroatoms. The van der Waals surface area contributed by atoms with E-state index in [1.54, 1.807) is 27.7 Å².